The van der Waals surface area contributed by atoms with E-state index in [2.05, 4.69) is 31.7 Å². The van der Waals surface area contributed by atoms with Gasteiger partial charge in [0.05, 0.1) is 19.2 Å². The maximum Gasteiger partial charge on any atom is 0.311 e. The van der Waals surface area contributed by atoms with Crippen molar-refractivity contribution in [2.24, 2.45) is 0 Å². The molecule has 0 unspecified atom stereocenters. The highest BCUT2D eigenvalue weighted by Gasteiger charge is 2.11. The number of carbonyl (C=O) groups excluding carboxylic acids is 1. The van der Waals surface area contributed by atoms with E-state index in [0.717, 1.165) is 20.7 Å². The highest BCUT2D eigenvalue weighted by atomic mass is 79.9. The zero-order valence-corrected chi connectivity index (χ0v) is 12.5. The van der Waals surface area contributed by atoms with Gasteiger partial charge >= 0.3 is 5.97 Å². The molecular weight excluding hydrogens is 314 g/mol. The van der Waals surface area contributed by atoms with Crippen molar-refractivity contribution in [3.8, 4) is 10.6 Å². The predicted molar refractivity (Wildman–Crippen MR) is 75.7 cm³/mol. The Kier molecular flexibility index (Phi) is 4.14. The van der Waals surface area contributed by atoms with E-state index in [0.29, 0.717) is 0 Å². The lowest BCUT2D eigenvalue weighted by atomic mass is 10.2. The molecule has 2 aromatic rings. The quantitative estimate of drug-likeness (QED) is 0.809. The van der Waals surface area contributed by atoms with E-state index >= 15 is 0 Å². The summed E-state index contributed by atoms with van der Waals surface area (Å²) in [5.74, 6) is -0.269. The van der Waals surface area contributed by atoms with Crippen molar-refractivity contribution in [1.29, 1.82) is 0 Å². The molecule has 3 nitrogen and oxygen atoms in total. The Bertz CT molecular complexity index is 580. The van der Waals surface area contributed by atoms with Gasteiger partial charge in [-0.25, -0.2) is 4.98 Å². The molecule has 0 fully saturated rings. The van der Waals surface area contributed by atoms with Crippen LogP contribution in [-0.4, -0.2) is 18.1 Å². The van der Waals surface area contributed by atoms with Gasteiger partial charge < -0.3 is 4.74 Å². The van der Waals surface area contributed by atoms with Gasteiger partial charge in [-0.1, -0.05) is 28.1 Å². The van der Waals surface area contributed by atoms with Gasteiger partial charge in [-0.15, -0.1) is 11.3 Å². The maximum atomic E-state index is 11.2. The van der Waals surface area contributed by atoms with Gasteiger partial charge in [0.2, 0.25) is 0 Å². The van der Waals surface area contributed by atoms with Crippen molar-refractivity contribution >= 4 is 33.2 Å². The highest BCUT2D eigenvalue weighted by Crippen LogP contribution is 2.31. The fraction of sp³-hybridized carbons (Fsp3) is 0.231. The molecule has 1 aromatic carbocycles. The number of benzene rings is 1. The van der Waals surface area contributed by atoms with Crippen LogP contribution in [0.1, 0.15) is 11.3 Å². The molecule has 0 saturated carbocycles. The van der Waals surface area contributed by atoms with Crippen molar-refractivity contribution in [1.82, 2.24) is 4.98 Å². The number of nitrogens with zero attached hydrogens (tertiary/aromatic N) is 1. The van der Waals surface area contributed by atoms with E-state index in [4.69, 9.17) is 0 Å². The van der Waals surface area contributed by atoms with E-state index in [1.807, 2.05) is 24.4 Å². The standard InChI is InChI=1S/C13H12BrNO2S/c1-8-3-4-10(11(14)5-8)13-15-9(7-18-13)6-12(16)17-2/h3-5,7H,6H2,1-2H3. The molecule has 94 valence electrons. The van der Waals surface area contributed by atoms with Gasteiger partial charge in [0.1, 0.15) is 5.01 Å². The second-order valence-corrected chi connectivity index (χ2v) is 5.59. The van der Waals surface area contributed by atoms with Crippen LogP contribution in [0.15, 0.2) is 28.1 Å². The van der Waals surface area contributed by atoms with Crippen LogP contribution in [-0.2, 0) is 16.0 Å². The molecule has 0 bridgehead atoms. The van der Waals surface area contributed by atoms with E-state index in [1.165, 1.54) is 24.0 Å². The third kappa shape index (κ3) is 2.97. The van der Waals surface area contributed by atoms with Crippen LogP contribution in [0.2, 0.25) is 0 Å². The van der Waals surface area contributed by atoms with Crippen LogP contribution in [0.5, 0.6) is 0 Å². The van der Waals surface area contributed by atoms with Crippen LogP contribution in [0.4, 0.5) is 0 Å². The lowest BCUT2D eigenvalue weighted by Gasteiger charge is -2.01. The van der Waals surface area contributed by atoms with E-state index in [1.54, 1.807) is 0 Å². The molecule has 5 heteroatoms. The minimum atomic E-state index is -0.269. The summed E-state index contributed by atoms with van der Waals surface area (Å²) in [6.45, 7) is 2.04. The SMILES string of the molecule is COC(=O)Cc1csc(-c2ccc(C)cc2Br)n1. The summed E-state index contributed by atoms with van der Waals surface area (Å²) < 4.78 is 5.64. The summed E-state index contributed by atoms with van der Waals surface area (Å²) in [5, 5.41) is 2.79. The number of hydrogen-bond acceptors (Lipinski definition) is 4. The predicted octanol–water partition coefficient (Wildman–Crippen LogP) is 3.60. The van der Waals surface area contributed by atoms with Crippen molar-refractivity contribution in [2.45, 2.75) is 13.3 Å². The molecule has 0 N–H and O–H groups in total. The minimum Gasteiger partial charge on any atom is -0.469 e. The van der Waals surface area contributed by atoms with Gasteiger partial charge in [0.15, 0.2) is 0 Å². The normalized spacial score (nSPS) is 10.4. The second-order valence-electron chi connectivity index (χ2n) is 3.88. The monoisotopic (exact) mass is 325 g/mol. The summed E-state index contributed by atoms with van der Waals surface area (Å²) in [7, 11) is 1.38. The third-order valence-electron chi connectivity index (χ3n) is 2.46. The van der Waals surface area contributed by atoms with Crippen LogP contribution < -0.4 is 0 Å². The van der Waals surface area contributed by atoms with E-state index in [9.17, 15) is 4.79 Å². The van der Waals surface area contributed by atoms with Crippen LogP contribution in [0, 0.1) is 6.92 Å². The number of hydrogen-bond donors (Lipinski definition) is 0. The number of carbonyl (C=O) groups is 1. The summed E-state index contributed by atoms with van der Waals surface area (Å²) in [5.41, 5.74) is 2.98. The number of aryl methyl sites for hydroxylation is 1. The Morgan fingerprint density at radius 3 is 2.94 bits per heavy atom. The number of thiazole rings is 1. The number of halogens is 1. The molecule has 0 saturated heterocycles. The zero-order chi connectivity index (χ0) is 13.1. The maximum absolute atomic E-state index is 11.2. The fourth-order valence-electron chi connectivity index (χ4n) is 1.53. The van der Waals surface area contributed by atoms with Gasteiger partial charge in [-0.05, 0) is 18.6 Å². The molecule has 0 atom stereocenters. The summed E-state index contributed by atoms with van der Waals surface area (Å²) in [6, 6.07) is 6.12. The first-order valence-corrected chi connectivity index (χ1v) is 7.05. The number of ether oxygens (including phenoxy) is 1. The van der Waals surface area contributed by atoms with Gasteiger partial charge in [0.25, 0.3) is 0 Å². The van der Waals surface area contributed by atoms with Crippen molar-refractivity contribution in [3.05, 3.63) is 39.3 Å². The Labute approximate surface area is 118 Å². The molecule has 0 aliphatic heterocycles. The molecule has 0 aliphatic carbocycles. The van der Waals surface area contributed by atoms with Crippen LogP contribution in [0.3, 0.4) is 0 Å². The van der Waals surface area contributed by atoms with Crippen molar-refractivity contribution in [3.63, 3.8) is 0 Å². The molecule has 0 amide bonds. The largest absolute Gasteiger partial charge is 0.469 e. The Morgan fingerprint density at radius 1 is 1.50 bits per heavy atom. The zero-order valence-electron chi connectivity index (χ0n) is 10.1. The van der Waals surface area contributed by atoms with Gasteiger partial charge in [-0.3, -0.25) is 4.79 Å². The smallest absolute Gasteiger partial charge is 0.311 e. The Hall–Kier alpha value is -1.20. The molecule has 2 rings (SSSR count). The average Bonchev–Trinajstić information content (AvgIpc) is 2.77. The lowest BCUT2D eigenvalue weighted by Crippen LogP contribution is -2.04. The molecular formula is C13H12BrNO2S. The summed E-state index contributed by atoms with van der Waals surface area (Å²) in [4.78, 5) is 15.6. The van der Waals surface area contributed by atoms with E-state index < -0.39 is 0 Å². The molecule has 1 aromatic heterocycles. The average molecular weight is 326 g/mol. The summed E-state index contributed by atoms with van der Waals surface area (Å²) >= 11 is 5.06. The highest BCUT2D eigenvalue weighted by molar-refractivity contribution is 9.10. The van der Waals surface area contributed by atoms with Gasteiger partial charge in [0, 0.05) is 15.4 Å². The first-order valence-electron chi connectivity index (χ1n) is 5.38. The number of esters is 1. The number of aromatic nitrogens is 1. The molecule has 0 spiro atoms. The molecule has 0 radical (unpaired) electrons. The lowest BCUT2D eigenvalue weighted by molar-refractivity contribution is -0.139. The minimum absolute atomic E-state index is 0.219. The number of rotatable bonds is 3. The van der Waals surface area contributed by atoms with E-state index in [-0.39, 0.29) is 12.4 Å². The van der Waals surface area contributed by atoms with Crippen molar-refractivity contribution < 1.29 is 9.53 Å². The Balaban J connectivity index is 2.26. The van der Waals surface area contributed by atoms with Gasteiger partial charge in [-0.2, -0.15) is 0 Å². The molecule has 18 heavy (non-hydrogen) atoms. The van der Waals surface area contributed by atoms with Crippen molar-refractivity contribution in [2.75, 3.05) is 7.11 Å². The first kappa shape index (κ1) is 13.2. The first-order chi connectivity index (χ1) is 8.60. The fourth-order valence-corrected chi connectivity index (χ4v) is 3.20. The third-order valence-corrected chi connectivity index (χ3v) is 4.04. The summed E-state index contributed by atoms with van der Waals surface area (Å²) in [6.07, 6.45) is 0.219. The number of methoxy groups -OCH3 is 1. The van der Waals surface area contributed by atoms with Crippen LogP contribution >= 0.6 is 27.3 Å². The molecule has 0 aliphatic rings. The molecule has 1 heterocycles. The topological polar surface area (TPSA) is 39.2 Å². The Morgan fingerprint density at radius 2 is 2.28 bits per heavy atom. The second kappa shape index (κ2) is 5.63. The van der Waals surface area contributed by atoms with Crippen LogP contribution in [0.25, 0.3) is 10.6 Å².